The molecule has 1 saturated carbocycles. The number of aliphatic hydroxyl groups excluding tert-OH is 1. The number of fused-ring (bicyclic) bond motifs is 2. The molecule has 1 saturated heterocycles. The lowest BCUT2D eigenvalue weighted by Gasteiger charge is -2.16. The summed E-state index contributed by atoms with van der Waals surface area (Å²) in [6.07, 6.45) is 1.92. The number of aliphatic hydroxyl groups is 1. The van der Waals surface area contributed by atoms with E-state index in [1.54, 1.807) is 4.52 Å². The summed E-state index contributed by atoms with van der Waals surface area (Å²) >= 11 is 0. The van der Waals surface area contributed by atoms with Gasteiger partial charge in [0.05, 0.1) is 17.4 Å². The van der Waals surface area contributed by atoms with Gasteiger partial charge in [-0.3, -0.25) is 0 Å². The maximum Gasteiger partial charge on any atom is 0.151 e. The minimum Gasteiger partial charge on any atom is -0.390 e. The van der Waals surface area contributed by atoms with Gasteiger partial charge in [0.2, 0.25) is 0 Å². The van der Waals surface area contributed by atoms with Crippen LogP contribution in [-0.4, -0.2) is 31.4 Å². The lowest BCUT2D eigenvalue weighted by Crippen LogP contribution is -2.17. The molecule has 94 valence electrons. The van der Waals surface area contributed by atoms with E-state index in [0.717, 1.165) is 17.6 Å². The molecule has 18 heavy (non-hydrogen) atoms. The first kappa shape index (κ1) is 10.3. The minimum absolute atomic E-state index is 0.0276. The van der Waals surface area contributed by atoms with E-state index in [1.165, 1.54) is 6.33 Å². The molecule has 0 amide bonds. The third-order valence-electron chi connectivity index (χ3n) is 4.30. The summed E-state index contributed by atoms with van der Waals surface area (Å²) in [6, 6.07) is 3.86. The van der Waals surface area contributed by atoms with E-state index < -0.39 is 0 Å². The Kier molecular flexibility index (Phi) is 1.72. The molecule has 3 N–H and O–H groups in total. The average molecular weight is 246 g/mol. The van der Waals surface area contributed by atoms with Crippen molar-refractivity contribution in [2.24, 2.45) is 5.92 Å². The summed E-state index contributed by atoms with van der Waals surface area (Å²) in [7, 11) is 0. The fraction of sp³-hybridized carbons (Fsp3) is 0.500. The van der Waals surface area contributed by atoms with Crippen LogP contribution in [0.1, 0.15) is 25.1 Å². The second kappa shape index (κ2) is 3.02. The highest BCUT2D eigenvalue weighted by molar-refractivity contribution is 5.65. The summed E-state index contributed by atoms with van der Waals surface area (Å²) in [5.41, 5.74) is 7.20. The molecule has 4 unspecified atom stereocenters. The predicted octanol–water partition coefficient (Wildman–Crippen LogP) is 0.522. The monoisotopic (exact) mass is 246 g/mol. The van der Waals surface area contributed by atoms with Crippen LogP contribution < -0.4 is 5.73 Å². The van der Waals surface area contributed by atoms with E-state index in [-0.39, 0.29) is 23.7 Å². The molecule has 2 aromatic heterocycles. The van der Waals surface area contributed by atoms with Gasteiger partial charge in [-0.2, -0.15) is 5.10 Å². The van der Waals surface area contributed by atoms with Gasteiger partial charge in [-0.1, -0.05) is 0 Å². The third kappa shape index (κ3) is 1.09. The Bertz CT molecular complexity index is 640. The summed E-state index contributed by atoms with van der Waals surface area (Å²) < 4.78 is 7.73. The number of anilines is 1. The van der Waals surface area contributed by atoms with Crippen molar-refractivity contribution in [3.63, 3.8) is 0 Å². The van der Waals surface area contributed by atoms with Crippen molar-refractivity contribution in [1.82, 2.24) is 14.6 Å². The summed E-state index contributed by atoms with van der Waals surface area (Å²) in [5, 5.41) is 13.9. The van der Waals surface area contributed by atoms with Crippen LogP contribution in [0, 0.1) is 5.92 Å². The van der Waals surface area contributed by atoms with E-state index >= 15 is 0 Å². The molecule has 4 atom stereocenters. The first-order valence-corrected chi connectivity index (χ1v) is 6.05. The van der Waals surface area contributed by atoms with Crippen molar-refractivity contribution in [3.05, 3.63) is 24.2 Å². The molecule has 6 nitrogen and oxygen atoms in total. The van der Waals surface area contributed by atoms with Crippen LogP contribution in [0.4, 0.5) is 5.82 Å². The summed E-state index contributed by atoms with van der Waals surface area (Å²) in [6.45, 7) is 1.96. The Labute approximate surface area is 103 Å². The van der Waals surface area contributed by atoms with Gasteiger partial charge in [0.1, 0.15) is 17.9 Å². The lowest BCUT2D eigenvalue weighted by molar-refractivity contribution is -0.0258. The van der Waals surface area contributed by atoms with Crippen molar-refractivity contribution < 1.29 is 9.84 Å². The Morgan fingerprint density at radius 1 is 1.56 bits per heavy atom. The molecule has 4 rings (SSSR count). The number of nitrogens with zero attached hydrogens (tertiary/aromatic N) is 3. The van der Waals surface area contributed by atoms with Crippen LogP contribution >= 0.6 is 0 Å². The van der Waals surface area contributed by atoms with Crippen molar-refractivity contribution in [2.75, 3.05) is 5.73 Å². The van der Waals surface area contributed by atoms with E-state index in [4.69, 9.17) is 10.5 Å². The fourth-order valence-corrected chi connectivity index (χ4v) is 3.06. The average Bonchev–Trinajstić information content (AvgIpc) is 2.78. The summed E-state index contributed by atoms with van der Waals surface area (Å²) in [5.74, 6) is 0.706. The number of nitrogens with two attached hydrogens (primary N) is 1. The van der Waals surface area contributed by atoms with Crippen LogP contribution in [0.2, 0.25) is 0 Å². The number of ether oxygens (including phenoxy) is 1. The van der Waals surface area contributed by atoms with Crippen molar-refractivity contribution in [1.29, 1.82) is 0 Å². The van der Waals surface area contributed by atoms with Gasteiger partial charge < -0.3 is 15.6 Å². The molecular weight excluding hydrogens is 232 g/mol. The van der Waals surface area contributed by atoms with Gasteiger partial charge >= 0.3 is 0 Å². The second-order valence-corrected chi connectivity index (χ2v) is 5.28. The number of hydrogen-bond acceptors (Lipinski definition) is 5. The number of hydrogen-bond donors (Lipinski definition) is 2. The zero-order valence-electron chi connectivity index (χ0n) is 9.95. The highest BCUT2D eigenvalue weighted by Crippen LogP contribution is 2.59. The first-order chi connectivity index (χ1) is 8.61. The third-order valence-corrected chi connectivity index (χ3v) is 4.30. The molecule has 1 aliphatic carbocycles. The van der Waals surface area contributed by atoms with E-state index in [1.807, 2.05) is 19.1 Å². The SMILES string of the molecule is CC12OC(c3ccc4c(N)ncnn34)CC1C2O. The number of rotatable bonds is 1. The molecule has 2 fully saturated rings. The molecule has 0 radical (unpaired) electrons. The Morgan fingerprint density at radius 3 is 3.11 bits per heavy atom. The molecule has 1 aliphatic heterocycles. The smallest absolute Gasteiger partial charge is 0.151 e. The van der Waals surface area contributed by atoms with Crippen LogP contribution in [-0.2, 0) is 4.74 Å². The van der Waals surface area contributed by atoms with Crippen LogP contribution in [0.5, 0.6) is 0 Å². The van der Waals surface area contributed by atoms with Crippen molar-refractivity contribution >= 4 is 11.3 Å². The van der Waals surface area contributed by atoms with Gasteiger partial charge in [-0.05, 0) is 25.5 Å². The predicted molar refractivity (Wildman–Crippen MR) is 63.7 cm³/mol. The molecule has 2 aromatic rings. The maximum atomic E-state index is 9.70. The Balaban J connectivity index is 1.75. The maximum absolute atomic E-state index is 9.70. The standard InChI is InChI=1S/C12H14N4O2/c1-12-6(10(12)17)4-9(18-12)7-2-3-8-11(13)14-5-15-16(7)8/h2-3,5-6,9-10,17H,4H2,1H3,(H2,13,14,15). The Hall–Kier alpha value is -1.66. The van der Waals surface area contributed by atoms with E-state index in [2.05, 4.69) is 10.1 Å². The highest BCUT2D eigenvalue weighted by Gasteiger charge is 2.68. The van der Waals surface area contributed by atoms with Gasteiger partial charge in [0.25, 0.3) is 0 Å². The first-order valence-electron chi connectivity index (χ1n) is 6.05. The normalized spacial score (nSPS) is 38.0. The zero-order chi connectivity index (χ0) is 12.5. The van der Waals surface area contributed by atoms with Crippen molar-refractivity contribution in [3.8, 4) is 0 Å². The molecule has 0 bridgehead atoms. The molecular formula is C12H14N4O2. The zero-order valence-corrected chi connectivity index (χ0v) is 9.95. The lowest BCUT2D eigenvalue weighted by atomic mass is 10.1. The van der Waals surface area contributed by atoms with Gasteiger partial charge in [-0.25, -0.2) is 9.50 Å². The number of nitrogen functional groups attached to an aromatic ring is 1. The van der Waals surface area contributed by atoms with Gasteiger partial charge in [-0.15, -0.1) is 0 Å². The minimum atomic E-state index is -0.368. The van der Waals surface area contributed by atoms with Crippen molar-refractivity contribution in [2.45, 2.75) is 31.2 Å². The van der Waals surface area contributed by atoms with Gasteiger partial charge in [0.15, 0.2) is 5.82 Å². The van der Waals surface area contributed by atoms with Crippen LogP contribution in [0.15, 0.2) is 18.5 Å². The number of aromatic nitrogens is 3. The van der Waals surface area contributed by atoms with Gasteiger partial charge in [0, 0.05) is 5.92 Å². The van der Waals surface area contributed by atoms with E-state index in [9.17, 15) is 5.11 Å². The molecule has 0 aromatic carbocycles. The molecule has 0 spiro atoms. The quantitative estimate of drug-likeness (QED) is 0.766. The highest BCUT2D eigenvalue weighted by atomic mass is 16.5. The summed E-state index contributed by atoms with van der Waals surface area (Å²) in [4.78, 5) is 3.96. The molecule has 2 aliphatic rings. The van der Waals surface area contributed by atoms with Crippen LogP contribution in [0.3, 0.4) is 0 Å². The largest absolute Gasteiger partial charge is 0.390 e. The second-order valence-electron chi connectivity index (χ2n) is 5.28. The van der Waals surface area contributed by atoms with E-state index in [0.29, 0.717) is 5.82 Å². The Morgan fingerprint density at radius 2 is 2.39 bits per heavy atom. The molecule has 6 heteroatoms. The van der Waals surface area contributed by atoms with Crippen LogP contribution in [0.25, 0.3) is 5.52 Å². The molecule has 3 heterocycles. The topological polar surface area (TPSA) is 85.7 Å². The fourth-order valence-electron chi connectivity index (χ4n) is 3.06.